The quantitative estimate of drug-likeness (QED) is 0.636. The second-order valence-electron chi connectivity index (χ2n) is 9.06. The fourth-order valence-corrected chi connectivity index (χ4v) is 4.60. The van der Waals surface area contributed by atoms with Gasteiger partial charge in [-0.2, -0.15) is 0 Å². The lowest BCUT2D eigenvalue weighted by Crippen LogP contribution is -2.41. The molecule has 0 aromatic carbocycles. The summed E-state index contributed by atoms with van der Waals surface area (Å²) in [6.45, 7) is 5.55. The van der Waals surface area contributed by atoms with E-state index in [-0.39, 0.29) is 17.8 Å². The first kappa shape index (κ1) is 21.8. The van der Waals surface area contributed by atoms with Gasteiger partial charge in [0.1, 0.15) is 18.0 Å². The molecule has 1 aromatic rings. The van der Waals surface area contributed by atoms with Gasteiger partial charge in [0.05, 0.1) is 12.5 Å². The van der Waals surface area contributed by atoms with Crippen molar-refractivity contribution in [3.8, 4) is 0 Å². The third-order valence-electron chi connectivity index (χ3n) is 6.75. The van der Waals surface area contributed by atoms with Crippen LogP contribution in [0.2, 0.25) is 0 Å². The number of amides is 1. The lowest BCUT2D eigenvalue weighted by Gasteiger charge is -2.34. The van der Waals surface area contributed by atoms with E-state index < -0.39 is 0 Å². The number of hydrogen-bond acceptors (Lipinski definition) is 7. The van der Waals surface area contributed by atoms with Gasteiger partial charge in [-0.15, -0.1) is 0 Å². The lowest BCUT2D eigenvalue weighted by molar-refractivity contribution is -0.151. The van der Waals surface area contributed by atoms with E-state index in [1.165, 1.54) is 12.8 Å². The Morgan fingerprint density at radius 1 is 1.06 bits per heavy atom. The van der Waals surface area contributed by atoms with Gasteiger partial charge in [-0.1, -0.05) is 0 Å². The van der Waals surface area contributed by atoms with E-state index in [4.69, 9.17) is 4.74 Å². The van der Waals surface area contributed by atoms with Crippen LogP contribution >= 0.6 is 0 Å². The van der Waals surface area contributed by atoms with Crippen molar-refractivity contribution in [2.75, 3.05) is 43.0 Å². The molecule has 1 N–H and O–H groups in total. The van der Waals surface area contributed by atoms with Crippen LogP contribution in [-0.4, -0.2) is 65.6 Å². The molecule has 8 heteroatoms. The van der Waals surface area contributed by atoms with E-state index >= 15 is 0 Å². The zero-order valence-electron chi connectivity index (χ0n) is 18.6. The first-order valence-electron chi connectivity index (χ1n) is 11.9. The van der Waals surface area contributed by atoms with Crippen LogP contribution in [0.1, 0.15) is 58.3 Å². The molecule has 3 heterocycles. The second-order valence-corrected chi connectivity index (χ2v) is 9.06. The normalized spacial score (nSPS) is 20.5. The number of aromatic nitrogens is 2. The molecule has 2 saturated heterocycles. The summed E-state index contributed by atoms with van der Waals surface area (Å²) in [7, 11) is 0. The summed E-state index contributed by atoms with van der Waals surface area (Å²) in [6, 6.07) is 2.64. The first-order valence-corrected chi connectivity index (χ1v) is 11.9. The molecule has 3 fully saturated rings. The number of hydrogen-bond donors (Lipinski definition) is 1. The van der Waals surface area contributed by atoms with Crippen molar-refractivity contribution >= 4 is 23.5 Å². The van der Waals surface area contributed by atoms with Crippen molar-refractivity contribution < 1.29 is 14.3 Å². The minimum absolute atomic E-state index is 0.0462. The van der Waals surface area contributed by atoms with Crippen molar-refractivity contribution in [3.05, 3.63) is 12.4 Å². The lowest BCUT2D eigenvalue weighted by atomic mass is 9.91. The van der Waals surface area contributed by atoms with Gasteiger partial charge in [-0.25, -0.2) is 9.97 Å². The molecule has 170 valence electrons. The Hall–Kier alpha value is -2.38. The third-order valence-corrected chi connectivity index (χ3v) is 6.75. The number of rotatable bonds is 8. The largest absolute Gasteiger partial charge is 0.466 e. The Morgan fingerprint density at radius 2 is 1.81 bits per heavy atom. The van der Waals surface area contributed by atoms with Crippen LogP contribution in [0.4, 0.5) is 11.6 Å². The summed E-state index contributed by atoms with van der Waals surface area (Å²) in [4.78, 5) is 37.6. The van der Waals surface area contributed by atoms with Gasteiger partial charge >= 0.3 is 5.97 Å². The van der Waals surface area contributed by atoms with Crippen LogP contribution in [0.5, 0.6) is 0 Å². The van der Waals surface area contributed by atoms with Crippen LogP contribution in [0.15, 0.2) is 12.4 Å². The van der Waals surface area contributed by atoms with Crippen molar-refractivity contribution in [3.63, 3.8) is 0 Å². The van der Waals surface area contributed by atoms with Gasteiger partial charge < -0.3 is 19.9 Å². The molecule has 0 radical (unpaired) electrons. The monoisotopic (exact) mass is 429 g/mol. The van der Waals surface area contributed by atoms with Gasteiger partial charge in [0.2, 0.25) is 5.91 Å². The van der Waals surface area contributed by atoms with Crippen molar-refractivity contribution in [1.82, 2.24) is 14.9 Å². The molecule has 8 nitrogen and oxygen atoms in total. The van der Waals surface area contributed by atoms with Gasteiger partial charge in [-0.3, -0.25) is 9.59 Å². The molecule has 1 aromatic heterocycles. The Bertz CT molecular complexity index is 753. The molecule has 0 spiro atoms. The molecular formula is C23H35N5O3. The average Bonchev–Trinajstić information content (AvgIpc) is 3.62. The molecule has 31 heavy (non-hydrogen) atoms. The fourth-order valence-electron chi connectivity index (χ4n) is 4.60. The Balaban J connectivity index is 1.16. The summed E-state index contributed by atoms with van der Waals surface area (Å²) in [5, 5.41) is 3.44. The number of anilines is 2. The number of carbonyl (C=O) groups is 2. The van der Waals surface area contributed by atoms with E-state index in [2.05, 4.69) is 26.3 Å². The molecule has 0 unspecified atom stereocenters. The predicted molar refractivity (Wildman–Crippen MR) is 119 cm³/mol. The average molecular weight is 430 g/mol. The van der Waals surface area contributed by atoms with Crippen LogP contribution in [0.3, 0.4) is 0 Å². The van der Waals surface area contributed by atoms with E-state index in [1.54, 1.807) is 6.33 Å². The zero-order chi connectivity index (χ0) is 21.6. The minimum Gasteiger partial charge on any atom is -0.466 e. The maximum Gasteiger partial charge on any atom is 0.309 e. The number of piperidine rings is 2. The SMILES string of the molecule is CCOC(=O)C1CCN(C(=O)CCC2CCN(c3cc(NC4CC4)ncn3)CC2)CC1. The van der Waals surface area contributed by atoms with Crippen LogP contribution in [0, 0.1) is 11.8 Å². The smallest absolute Gasteiger partial charge is 0.309 e. The van der Waals surface area contributed by atoms with Gasteiger partial charge in [0.15, 0.2) is 0 Å². The van der Waals surface area contributed by atoms with E-state index in [0.717, 1.165) is 56.8 Å². The van der Waals surface area contributed by atoms with Crippen molar-refractivity contribution in [1.29, 1.82) is 0 Å². The zero-order valence-corrected chi connectivity index (χ0v) is 18.6. The van der Waals surface area contributed by atoms with Crippen LogP contribution in [-0.2, 0) is 14.3 Å². The molecule has 1 saturated carbocycles. The van der Waals surface area contributed by atoms with Crippen molar-refractivity contribution in [2.45, 2.75) is 64.3 Å². The summed E-state index contributed by atoms with van der Waals surface area (Å²) in [5.74, 6) is 2.58. The van der Waals surface area contributed by atoms with E-state index in [0.29, 0.717) is 38.1 Å². The highest BCUT2D eigenvalue weighted by Gasteiger charge is 2.29. The first-order chi connectivity index (χ1) is 15.1. The molecule has 0 atom stereocenters. The highest BCUT2D eigenvalue weighted by molar-refractivity contribution is 5.77. The second kappa shape index (κ2) is 10.3. The van der Waals surface area contributed by atoms with Crippen LogP contribution < -0.4 is 10.2 Å². The number of ether oxygens (including phenoxy) is 1. The highest BCUT2D eigenvalue weighted by Crippen LogP contribution is 2.28. The fraction of sp³-hybridized carbons (Fsp3) is 0.739. The van der Waals surface area contributed by atoms with Gasteiger partial charge in [0, 0.05) is 44.7 Å². The van der Waals surface area contributed by atoms with Gasteiger partial charge in [0.25, 0.3) is 0 Å². The van der Waals surface area contributed by atoms with E-state index in [9.17, 15) is 9.59 Å². The predicted octanol–water partition coefficient (Wildman–Crippen LogP) is 2.85. The Kier molecular flexibility index (Phi) is 7.25. The summed E-state index contributed by atoms with van der Waals surface area (Å²) < 4.78 is 5.11. The standard InChI is InChI=1S/C23H35N5O3/c1-2-31-23(30)18-9-13-28(14-10-18)22(29)6-3-17-7-11-27(12-8-17)21-15-20(24-16-25-21)26-19-4-5-19/h15-19H,2-14H2,1H3,(H,24,25,26). The maximum absolute atomic E-state index is 12.6. The number of likely N-dealkylation sites (tertiary alicyclic amines) is 1. The highest BCUT2D eigenvalue weighted by atomic mass is 16.5. The number of nitrogens with zero attached hydrogens (tertiary/aromatic N) is 4. The Labute approximate surface area is 184 Å². The molecule has 0 bridgehead atoms. The maximum atomic E-state index is 12.6. The molecular weight excluding hydrogens is 394 g/mol. The van der Waals surface area contributed by atoms with E-state index in [1.807, 2.05) is 11.8 Å². The van der Waals surface area contributed by atoms with Crippen LogP contribution in [0.25, 0.3) is 0 Å². The molecule has 1 aliphatic carbocycles. The van der Waals surface area contributed by atoms with Gasteiger partial charge in [-0.05, 0) is 57.8 Å². The topological polar surface area (TPSA) is 87.7 Å². The Morgan fingerprint density at radius 3 is 2.48 bits per heavy atom. The molecule has 3 aliphatic rings. The summed E-state index contributed by atoms with van der Waals surface area (Å²) >= 11 is 0. The summed E-state index contributed by atoms with van der Waals surface area (Å²) in [5.41, 5.74) is 0. The number of nitrogens with one attached hydrogen (secondary N) is 1. The number of carbonyl (C=O) groups excluding carboxylic acids is 2. The third kappa shape index (κ3) is 6.08. The molecule has 1 amide bonds. The molecule has 4 rings (SSSR count). The minimum atomic E-state index is -0.111. The summed E-state index contributed by atoms with van der Waals surface area (Å²) in [6.07, 6.45) is 9.29. The number of esters is 1. The van der Waals surface area contributed by atoms with Crippen molar-refractivity contribution in [2.24, 2.45) is 11.8 Å². The molecule has 2 aliphatic heterocycles.